The summed E-state index contributed by atoms with van der Waals surface area (Å²) in [5.74, 6) is -2.50. The molecule has 0 saturated carbocycles. The summed E-state index contributed by atoms with van der Waals surface area (Å²) >= 11 is 0. The van der Waals surface area contributed by atoms with Gasteiger partial charge >= 0.3 is 0 Å². The lowest BCUT2D eigenvalue weighted by Gasteiger charge is -2.20. The highest BCUT2D eigenvalue weighted by molar-refractivity contribution is 5.93. The van der Waals surface area contributed by atoms with Gasteiger partial charge in [-0.1, -0.05) is 18.2 Å². The lowest BCUT2D eigenvalue weighted by Crippen LogP contribution is -2.27. The Bertz CT molecular complexity index is 1040. The van der Waals surface area contributed by atoms with Gasteiger partial charge in [-0.3, -0.25) is 4.79 Å². The van der Waals surface area contributed by atoms with Crippen LogP contribution in [0.1, 0.15) is 18.2 Å². The van der Waals surface area contributed by atoms with Gasteiger partial charge in [-0.15, -0.1) is 0 Å². The molecule has 150 valence electrons. The van der Waals surface area contributed by atoms with Crippen LogP contribution < -0.4 is 10.1 Å². The van der Waals surface area contributed by atoms with Gasteiger partial charge in [0.2, 0.25) is 5.91 Å². The highest BCUT2D eigenvalue weighted by Crippen LogP contribution is 2.37. The van der Waals surface area contributed by atoms with Crippen molar-refractivity contribution in [1.82, 2.24) is 9.78 Å². The van der Waals surface area contributed by atoms with Gasteiger partial charge in [0.1, 0.15) is 17.5 Å². The predicted molar refractivity (Wildman–Crippen MR) is 102 cm³/mol. The van der Waals surface area contributed by atoms with E-state index in [-0.39, 0.29) is 5.69 Å². The summed E-state index contributed by atoms with van der Waals surface area (Å²) in [6.45, 7) is 0.367. The topological polar surface area (TPSA) is 65.4 Å². The van der Waals surface area contributed by atoms with Crippen molar-refractivity contribution in [3.05, 3.63) is 72.1 Å². The second-order valence-corrected chi connectivity index (χ2v) is 6.62. The monoisotopic (exact) mass is 399 g/mol. The molecule has 2 aromatic carbocycles. The predicted octanol–water partition coefficient (Wildman–Crippen LogP) is 3.88. The molecule has 8 heteroatoms. The van der Waals surface area contributed by atoms with Crippen LogP contribution >= 0.6 is 0 Å². The SMILES string of the molecule is COc1ccccc1-n1nccc1[C@H]1OCC[C@@H]1C(=O)Nc1cccc(F)c1F. The standard InChI is InChI=1S/C21H19F2N3O3/c1-28-18-8-3-2-7-16(18)26-17(9-11-24-26)20-13(10-12-29-20)21(27)25-15-6-4-5-14(22)19(15)23/h2-9,11,13,20H,10,12H2,1H3,(H,25,27)/t13-,20-/m0/s1. The third-order valence-corrected chi connectivity index (χ3v) is 4.91. The number of ether oxygens (including phenoxy) is 2. The van der Waals surface area contributed by atoms with E-state index in [2.05, 4.69) is 10.4 Å². The molecular weight excluding hydrogens is 380 g/mol. The summed E-state index contributed by atoms with van der Waals surface area (Å²) in [5.41, 5.74) is 1.19. The highest BCUT2D eigenvalue weighted by Gasteiger charge is 2.38. The van der Waals surface area contributed by atoms with E-state index in [0.29, 0.717) is 30.2 Å². The molecule has 0 spiro atoms. The van der Waals surface area contributed by atoms with Gasteiger partial charge in [-0.2, -0.15) is 5.10 Å². The van der Waals surface area contributed by atoms with Gasteiger partial charge < -0.3 is 14.8 Å². The van der Waals surface area contributed by atoms with Crippen molar-refractivity contribution >= 4 is 11.6 Å². The van der Waals surface area contributed by atoms with Crippen molar-refractivity contribution in [2.24, 2.45) is 5.92 Å². The average molecular weight is 399 g/mol. The van der Waals surface area contributed by atoms with Gasteiger partial charge in [0.05, 0.1) is 24.4 Å². The number of amides is 1. The van der Waals surface area contributed by atoms with Crippen LogP contribution in [0, 0.1) is 17.6 Å². The first-order valence-electron chi connectivity index (χ1n) is 9.14. The van der Waals surface area contributed by atoms with Crippen molar-refractivity contribution in [3.8, 4) is 11.4 Å². The maximum absolute atomic E-state index is 13.9. The molecule has 1 aliphatic rings. The molecule has 1 aromatic heterocycles. The van der Waals surface area contributed by atoms with Crippen LogP contribution in [0.3, 0.4) is 0 Å². The number of halogens is 2. The van der Waals surface area contributed by atoms with Gasteiger partial charge in [-0.25, -0.2) is 13.5 Å². The van der Waals surface area contributed by atoms with Gasteiger partial charge in [-0.05, 0) is 36.8 Å². The fourth-order valence-electron chi connectivity index (χ4n) is 3.51. The third-order valence-electron chi connectivity index (χ3n) is 4.91. The molecular formula is C21H19F2N3O3. The molecule has 1 saturated heterocycles. The van der Waals surface area contributed by atoms with Crippen molar-refractivity contribution in [3.63, 3.8) is 0 Å². The second-order valence-electron chi connectivity index (χ2n) is 6.62. The molecule has 1 fully saturated rings. The molecule has 4 rings (SSSR count). The fraction of sp³-hybridized carbons (Fsp3) is 0.238. The van der Waals surface area contributed by atoms with E-state index in [1.807, 2.05) is 24.3 Å². The van der Waals surface area contributed by atoms with Crippen LogP contribution in [0.25, 0.3) is 5.69 Å². The Morgan fingerprint density at radius 1 is 1.21 bits per heavy atom. The number of hydrogen-bond acceptors (Lipinski definition) is 4. The van der Waals surface area contributed by atoms with Crippen molar-refractivity contribution in [2.75, 3.05) is 19.0 Å². The summed E-state index contributed by atoms with van der Waals surface area (Å²) in [5, 5.41) is 6.84. The smallest absolute Gasteiger partial charge is 0.230 e. The molecule has 0 unspecified atom stereocenters. The molecule has 1 N–H and O–H groups in total. The van der Waals surface area contributed by atoms with Gasteiger partial charge in [0.25, 0.3) is 0 Å². The molecule has 2 heterocycles. The summed E-state index contributed by atoms with van der Waals surface area (Å²) in [7, 11) is 1.57. The lowest BCUT2D eigenvalue weighted by molar-refractivity contribution is -0.121. The largest absolute Gasteiger partial charge is 0.494 e. The molecule has 0 bridgehead atoms. The maximum atomic E-state index is 13.9. The number of para-hydroxylation sites is 2. The summed E-state index contributed by atoms with van der Waals surface area (Å²) in [4.78, 5) is 12.8. The minimum absolute atomic E-state index is 0.195. The first-order chi connectivity index (χ1) is 14.1. The Morgan fingerprint density at radius 3 is 2.86 bits per heavy atom. The summed E-state index contributed by atoms with van der Waals surface area (Å²) in [6.07, 6.45) is 1.48. The number of hydrogen-bond donors (Lipinski definition) is 1. The third kappa shape index (κ3) is 3.58. The average Bonchev–Trinajstić information content (AvgIpc) is 3.40. The zero-order chi connectivity index (χ0) is 20.4. The Kier molecular flexibility index (Phi) is 5.26. The van der Waals surface area contributed by atoms with Gasteiger partial charge in [0, 0.05) is 12.8 Å². The zero-order valence-corrected chi connectivity index (χ0v) is 15.6. The number of benzene rings is 2. The molecule has 6 nitrogen and oxygen atoms in total. The van der Waals surface area contributed by atoms with Crippen LogP contribution in [0.4, 0.5) is 14.5 Å². The number of anilines is 1. The molecule has 3 aromatic rings. The quantitative estimate of drug-likeness (QED) is 0.707. The zero-order valence-electron chi connectivity index (χ0n) is 15.6. The van der Waals surface area contributed by atoms with E-state index in [9.17, 15) is 13.6 Å². The Labute approximate surface area is 166 Å². The second kappa shape index (κ2) is 8.00. The van der Waals surface area contributed by atoms with Crippen LogP contribution in [-0.2, 0) is 9.53 Å². The van der Waals surface area contributed by atoms with Crippen LogP contribution in [-0.4, -0.2) is 29.4 Å². The van der Waals surface area contributed by atoms with Crippen molar-refractivity contribution < 1.29 is 23.0 Å². The van der Waals surface area contributed by atoms with E-state index >= 15 is 0 Å². The number of carbonyl (C=O) groups is 1. The molecule has 2 atom stereocenters. The number of rotatable bonds is 5. The minimum atomic E-state index is -1.09. The normalized spacial score (nSPS) is 18.6. The number of nitrogens with one attached hydrogen (secondary N) is 1. The molecule has 1 amide bonds. The summed E-state index contributed by atoms with van der Waals surface area (Å²) in [6, 6.07) is 12.8. The van der Waals surface area contributed by atoms with E-state index < -0.39 is 29.6 Å². The first kappa shape index (κ1) is 19.1. The lowest BCUT2D eigenvalue weighted by atomic mass is 9.97. The first-order valence-corrected chi connectivity index (χ1v) is 9.14. The maximum Gasteiger partial charge on any atom is 0.230 e. The Balaban J connectivity index is 1.62. The van der Waals surface area contributed by atoms with Gasteiger partial charge in [0.15, 0.2) is 11.6 Å². The Morgan fingerprint density at radius 2 is 2.03 bits per heavy atom. The van der Waals surface area contributed by atoms with E-state index in [1.54, 1.807) is 24.1 Å². The van der Waals surface area contributed by atoms with Crippen LogP contribution in [0.15, 0.2) is 54.7 Å². The number of nitrogens with zero attached hydrogens (tertiary/aromatic N) is 2. The number of methoxy groups -OCH3 is 1. The fourth-order valence-corrected chi connectivity index (χ4v) is 3.51. The highest BCUT2D eigenvalue weighted by atomic mass is 19.2. The number of carbonyl (C=O) groups excluding carboxylic acids is 1. The van der Waals surface area contributed by atoms with E-state index in [4.69, 9.17) is 9.47 Å². The van der Waals surface area contributed by atoms with Crippen LogP contribution in [0.2, 0.25) is 0 Å². The summed E-state index contributed by atoms with van der Waals surface area (Å²) < 4.78 is 40.3. The Hall–Kier alpha value is -3.26. The van der Waals surface area contributed by atoms with Crippen molar-refractivity contribution in [2.45, 2.75) is 12.5 Å². The van der Waals surface area contributed by atoms with E-state index in [1.165, 1.54) is 12.1 Å². The molecule has 0 radical (unpaired) electrons. The minimum Gasteiger partial charge on any atom is -0.494 e. The molecule has 29 heavy (non-hydrogen) atoms. The molecule has 0 aliphatic carbocycles. The van der Waals surface area contributed by atoms with Crippen LogP contribution in [0.5, 0.6) is 5.75 Å². The number of aromatic nitrogens is 2. The molecule has 1 aliphatic heterocycles. The van der Waals surface area contributed by atoms with E-state index in [0.717, 1.165) is 6.07 Å². The van der Waals surface area contributed by atoms with Crippen molar-refractivity contribution in [1.29, 1.82) is 0 Å².